The Bertz CT molecular complexity index is 1260. The standard InChI is InChI=1S/C26H24N4O4/c1-33-22-12-9-19(10-13-22)25-20(18-30(29-25)21-6-3-2-4-7-21)11-14-24(31)27-15-16-28-26(32)23-8-5-17-34-23/h2-14,17-18H,15-16H2,1H3,(H,27,31)(H,28,32)/b14-11+. The summed E-state index contributed by atoms with van der Waals surface area (Å²) in [6, 6.07) is 20.6. The number of rotatable bonds is 9. The maximum atomic E-state index is 12.3. The highest BCUT2D eigenvalue weighted by atomic mass is 16.5. The molecule has 2 aromatic heterocycles. The van der Waals surface area contributed by atoms with Crippen LogP contribution in [0.3, 0.4) is 0 Å². The molecule has 0 atom stereocenters. The number of carbonyl (C=O) groups excluding carboxylic acids is 2. The Morgan fingerprint density at radius 3 is 2.47 bits per heavy atom. The molecule has 0 unspecified atom stereocenters. The molecule has 2 heterocycles. The Morgan fingerprint density at radius 2 is 1.76 bits per heavy atom. The van der Waals surface area contributed by atoms with E-state index >= 15 is 0 Å². The van der Waals surface area contributed by atoms with Gasteiger partial charge in [-0.25, -0.2) is 4.68 Å². The van der Waals surface area contributed by atoms with E-state index in [4.69, 9.17) is 14.3 Å². The first-order valence-electron chi connectivity index (χ1n) is 10.7. The van der Waals surface area contributed by atoms with E-state index in [2.05, 4.69) is 10.6 Å². The molecule has 34 heavy (non-hydrogen) atoms. The number of hydrogen-bond acceptors (Lipinski definition) is 5. The summed E-state index contributed by atoms with van der Waals surface area (Å²) in [4.78, 5) is 24.2. The first-order valence-corrected chi connectivity index (χ1v) is 10.7. The number of furan rings is 1. The molecular weight excluding hydrogens is 432 g/mol. The SMILES string of the molecule is COc1ccc(-c2nn(-c3ccccc3)cc2/C=C/C(=O)NCCNC(=O)c2ccco2)cc1. The van der Waals surface area contributed by atoms with E-state index < -0.39 is 0 Å². The van der Waals surface area contributed by atoms with Crippen molar-refractivity contribution in [2.45, 2.75) is 0 Å². The Labute approximate surface area is 196 Å². The zero-order valence-corrected chi connectivity index (χ0v) is 18.6. The smallest absolute Gasteiger partial charge is 0.287 e. The van der Waals surface area contributed by atoms with Crippen molar-refractivity contribution in [3.63, 3.8) is 0 Å². The third-order valence-corrected chi connectivity index (χ3v) is 5.00. The van der Waals surface area contributed by atoms with Gasteiger partial charge in [0.1, 0.15) is 5.75 Å². The predicted molar refractivity (Wildman–Crippen MR) is 129 cm³/mol. The normalized spacial score (nSPS) is 10.9. The van der Waals surface area contributed by atoms with Crippen LogP contribution in [-0.2, 0) is 4.79 Å². The number of benzene rings is 2. The molecule has 2 amide bonds. The van der Waals surface area contributed by atoms with E-state index in [0.717, 1.165) is 28.3 Å². The van der Waals surface area contributed by atoms with Crippen LogP contribution in [0, 0.1) is 0 Å². The Morgan fingerprint density at radius 1 is 1.00 bits per heavy atom. The van der Waals surface area contributed by atoms with Crippen LogP contribution in [0.5, 0.6) is 5.75 Å². The van der Waals surface area contributed by atoms with Crippen LogP contribution < -0.4 is 15.4 Å². The summed E-state index contributed by atoms with van der Waals surface area (Å²) in [6.45, 7) is 0.562. The van der Waals surface area contributed by atoms with Crippen molar-refractivity contribution < 1.29 is 18.7 Å². The highest BCUT2D eigenvalue weighted by molar-refractivity contribution is 5.93. The van der Waals surface area contributed by atoms with Gasteiger partial charge in [-0.3, -0.25) is 9.59 Å². The second kappa shape index (κ2) is 10.8. The first kappa shape index (κ1) is 22.6. The fourth-order valence-corrected chi connectivity index (χ4v) is 3.28. The van der Waals surface area contributed by atoms with Gasteiger partial charge in [0, 0.05) is 36.5 Å². The Kier molecular flexibility index (Phi) is 7.19. The summed E-state index contributed by atoms with van der Waals surface area (Å²) in [5, 5.41) is 10.2. The lowest BCUT2D eigenvalue weighted by molar-refractivity contribution is -0.116. The number of methoxy groups -OCH3 is 1. The number of ether oxygens (including phenoxy) is 1. The van der Waals surface area contributed by atoms with Gasteiger partial charge in [-0.15, -0.1) is 0 Å². The molecule has 0 saturated carbocycles. The minimum atomic E-state index is -0.327. The molecule has 4 rings (SSSR count). The number of aromatic nitrogens is 2. The molecular formula is C26H24N4O4. The molecule has 0 bridgehead atoms. The van der Waals surface area contributed by atoms with Crippen LogP contribution in [0.2, 0.25) is 0 Å². The van der Waals surface area contributed by atoms with Crippen molar-refractivity contribution in [3.8, 4) is 22.7 Å². The van der Waals surface area contributed by atoms with Gasteiger partial charge in [-0.1, -0.05) is 18.2 Å². The summed E-state index contributed by atoms with van der Waals surface area (Å²) in [6.07, 6.45) is 6.49. The zero-order chi connectivity index (χ0) is 23.8. The van der Waals surface area contributed by atoms with Gasteiger partial charge in [0.15, 0.2) is 5.76 Å². The number of nitrogens with zero attached hydrogens (tertiary/aromatic N) is 2. The summed E-state index contributed by atoms with van der Waals surface area (Å²) >= 11 is 0. The van der Waals surface area contributed by atoms with Gasteiger partial charge in [0.05, 0.1) is 24.8 Å². The molecule has 4 aromatic rings. The van der Waals surface area contributed by atoms with E-state index in [0.29, 0.717) is 0 Å². The maximum absolute atomic E-state index is 12.3. The molecule has 0 aliphatic heterocycles. The van der Waals surface area contributed by atoms with E-state index in [-0.39, 0.29) is 30.7 Å². The molecule has 8 heteroatoms. The van der Waals surface area contributed by atoms with Crippen LogP contribution in [0.1, 0.15) is 16.1 Å². The molecule has 0 aliphatic carbocycles. The van der Waals surface area contributed by atoms with Gasteiger partial charge in [0.25, 0.3) is 5.91 Å². The Hall–Kier alpha value is -4.59. The summed E-state index contributed by atoms with van der Waals surface area (Å²) in [5.74, 6) is 0.377. The van der Waals surface area contributed by atoms with E-state index in [9.17, 15) is 9.59 Å². The van der Waals surface area contributed by atoms with E-state index in [1.807, 2.05) is 60.8 Å². The minimum Gasteiger partial charge on any atom is -0.497 e. The van der Waals surface area contributed by atoms with Crippen molar-refractivity contribution in [3.05, 3.63) is 96.6 Å². The van der Waals surface area contributed by atoms with Crippen LogP contribution >= 0.6 is 0 Å². The molecule has 2 aromatic carbocycles. The molecule has 0 saturated heterocycles. The van der Waals surface area contributed by atoms with Crippen LogP contribution in [-0.4, -0.2) is 41.8 Å². The maximum Gasteiger partial charge on any atom is 0.287 e. The largest absolute Gasteiger partial charge is 0.497 e. The average Bonchev–Trinajstić information content (AvgIpc) is 3.57. The Balaban J connectivity index is 1.44. The molecule has 2 N–H and O–H groups in total. The quantitative estimate of drug-likeness (QED) is 0.296. The number of hydrogen-bond donors (Lipinski definition) is 2. The molecule has 0 spiro atoms. The third-order valence-electron chi connectivity index (χ3n) is 5.00. The molecule has 172 valence electrons. The fraction of sp³-hybridized carbons (Fsp3) is 0.115. The van der Waals surface area contributed by atoms with Crippen molar-refractivity contribution in [2.24, 2.45) is 0 Å². The monoisotopic (exact) mass is 456 g/mol. The van der Waals surface area contributed by atoms with Crippen molar-refractivity contribution in [1.82, 2.24) is 20.4 Å². The number of amides is 2. The van der Waals surface area contributed by atoms with Crippen molar-refractivity contribution >= 4 is 17.9 Å². The van der Waals surface area contributed by atoms with Crippen LogP contribution in [0.25, 0.3) is 23.0 Å². The molecule has 0 fully saturated rings. The topological polar surface area (TPSA) is 98.4 Å². The average molecular weight is 457 g/mol. The van der Waals surface area contributed by atoms with Gasteiger partial charge >= 0.3 is 0 Å². The first-order chi connectivity index (χ1) is 16.6. The van der Waals surface area contributed by atoms with E-state index in [1.165, 1.54) is 12.3 Å². The van der Waals surface area contributed by atoms with Gasteiger partial charge in [-0.2, -0.15) is 5.10 Å². The summed E-state index contributed by atoms with van der Waals surface area (Å²) < 4.78 is 12.1. The highest BCUT2D eigenvalue weighted by Crippen LogP contribution is 2.26. The number of para-hydroxylation sites is 1. The second-order valence-electron chi connectivity index (χ2n) is 7.30. The number of carbonyl (C=O) groups is 2. The van der Waals surface area contributed by atoms with Gasteiger partial charge < -0.3 is 19.8 Å². The summed E-state index contributed by atoms with van der Waals surface area (Å²) in [7, 11) is 1.62. The van der Waals surface area contributed by atoms with Gasteiger partial charge in [-0.05, 0) is 54.6 Å². The van der Waals surface area contributed by atoms with Gasteiger partial charge in [0.2, 0.25) is 5.91 Å². The van der Waals surface area contributed by atoms with Crippen molar-refractivity contribution in [2.75, 3.05) is 20.2 Å². The third kappa shape index (κ3) is 5.60. The fourth-order valence-electron chi connectivity index (χ4n) is 3.28. The lowest BCUT2D eigenvalue weighted by Crippen LogP contribution is -2.33. The lowest BCUT2D eigenvalue weighted by atomic mass is 10.1. The second-order valence-corrected chi connectivity index (χ2v) is 7.30. The molecule has 0 aliphatic rings. The predicted octanol–water partition coefficient (Wildman–Crippen LogP) is 3.70. The summed E-state index contributed by atoms with van der Waals surface area (Å²) in [5.41, 5.74) is 3.33. The minimum absolute atomic E-state index is 0.229. The highest BCUT2D eigenvalue weighted by Gasteiger charge is 2.11. The van der Waals surface area contributed by atoms with Crippen molar-refractivity contribution in [1.29, 1.82) is 0 Å². The molecule has 8 nitrogen and oxygen atoms in total. The lowest BCUT2D eigenvalue weighted by Gasteiger charge is -2.04. The zero-order valence-electron chi connectivity index (χ0n) is 18.6. The number of nitrogens with one attached hydrogen (secondary N) is 2. The molecule has 0 radical (unpaired) electrons. The van der Waals surface area contributed by atoms with Crippen LogP contribution in [0.4, 0.5) is 0 Å². The van der Waals surface area contributed by atoms with E-state index in [1.54, 1.807) is 30.0 Å². The van der Waals surface area contributed by atoms with Crippen LogP contribution in [0.15, 0.2) is 89.7 Å².